The number of aliphatic carboxylic acids is 1. The molecule has 236 valence electrons. The first kappa shape index (κ1) is 31.5. The fourth-order valence-electron chi connectivity index (χ4n) is 6.76. The molecule has 2 fully saturated rings. The number of benzene rings is 2. The third-order valence-corrected chi connectivity index (χ3v) is 9.23. The zero-order valence-corrected chi connectivity index (χ0v) is 25.6. The largest absolute Gasteiger partial charge is 0.493 e. The molecule has 0 bridgehead atoms. The van der Waals surface area contributed by atoms with Crippen LogP contribution in [0.1, 0.15) is 55.2 Å². The van der Waals surface area contributed by atoms with E-state index in [1.54, 1.807) is 9.80 Å². The van der Waals surface area contributed by atoms with E-state index in [1.807, 2.05) is 47.4 Å². The Morgan fingerprint density at radius 2 is 1.95 bits per heavy atom. The second-order valence-electron chi connectivity index (χ2n) is 12.0. The van der Waals surface area contributed by atoms with Gasteiger partial charge < -0.3 is 25.4 Å². The summed E-state index contributed by atoms with van der Waals surface area (Å²) >= 11 is 0. The van der Waals surface area contributed by atoms with Crippen molar-refractivity contribution in [3.8, 4) is 5.75 Å². The van der Waals surface area contributed by atoms with E-state index in [2.05, 4.69) is 6.92 Å². The summed E-state index contributed by atoms with van der Waals surface area (Å²) in [7, 11) is 1.47. The number of unbranched alkanes of at least 4 members (excludes halogenated alkanes) is 1. The first-order chi connectivity index (χ1) is 21.2. The molecular weight excluding hydrogens is 562 g/mol. The van der Waals surface area contributed by atoms with Crippen molar-refractivity contribution in [1.82, 2.24) is 14.7 Å². The van der Waals surface area contributed by atoms with Gasteiger partial charge >= 0.3 is 12.0 Å². The van der Waals surface area contributed by atoms with Crippen LogP contribution in [0.3, 0.4) is 0 Å². The van der Waals surface area contributed by atoms with Crippen LogP contribution in [0.5, 0.6) is 5.75 Å². The molecule has 11 nitrogen and oxygen atoms in total. The Kier molecular flexibility index (Phi) is 9.85. The molecule has 0 spiro atoms. The average molecular weight is 606 g/mol. The van der Waals surface area contributed by atoms with E-state index in [4.69, 9.17) is 10.5 Å². The number of carbonyl (C=O) groups is 4. The Labute approximate surface area is 258 Å². The van der Waals surface area contributed by atoms with Crippen LogP contribution in [0.25, 0.3) is 0 Å². The summed E-state index contributed by atoms with van der Waals surface area (Å²) < 4.78 is 5.68. The minimum absolute atomic E-state index is 0.0436. The number of rotatable bonds is 12. The smallest absolute Gasteiger partial charge is 0.326 e. The number of ether oxygens (including phenoxy) is 1. The van der Waals surface area contributed by atoms with Gasteiger partial charge in [0.15, 0.2) is 0 Å². The Hall–Kier alpha value is -3.96. The average Bonchev–Trinajstić information content (AvgIpc) is 3.64. The van der Waals surface area contributed by atoms with Crippen molar-refractivity contribution < 1.29 is 29.0 Å². The number of likely N-dealkylation sites (tertiary alicyclic amines) is 1. The van der Waals surface area contributed by atoms with E-state index < -0.39 is 17.9 Å². The van der Waals surface area contributed by atoms with Crippen molar-refractivity contribution in [3.63, 3.8) is 0 Å². The molecule has 3 unspecified atom stereocenters. The molecule has 0 radical (unpaired) electrons. The number of imide groups is 1. The number of carboxylic acids is 1. The molecule has 4 amide bonds. The van der Waals surface area contributed by atoms with Crippen LogP contribution < -0.4 is 15.4 Å². The van der Waals surface area contributed by atoms with E-state index in [0.717, 1.165) is 52.3 Å². The van der Waals surface area contributed by atoms with Gasteiger partial charge in [-0.2, -0.15) is 0 Å². The normalized spacial score (nSPS) is 21.8. The van der Waals surface area contributed by atoms with Crippen LogP contribution >= 0.6 is 0 Å². The number of carboxylic acid groups (broad SMARTS) is 1. The third-order valence-electron chi connectivity index (χ3n) is 9.23. The molecule has 0 aliphatic carbocycles. The maximum Gasteiger partial charge on any atom is 0.326 e. The quantitative estimate of drug-likeness (QED) is 0.377. The topological polar surface area (TPSA) is 137 Å². The molecule has 0 saturated carbocycles. The summed E-state index contributed by atoms with van der Waals surface area (Å²) in [5.41, 5.74) is 9.57. The Morgan fingerprint density at radius 1 is 1.14 bits per heavy atom. The second kappa shape index (κ2) is 13.8. The highest BCUT2D eigenvalue weighted by Crippen LogP contribution is 2.41. The molecule has 3 atom stereocenters. The maximum atomic E-state index is 14.0. The van der Waals surface area contributed by atoms with Gasteiger partial charge in [-0.3, -0.25) is 24.2 Å². The van der Waals surface area contributed by atoms with Gasteiger partial charge in [0, 0.05) is 70.3 Å². The van der Waals surface area contributed by atoms with Gasteiger partial charge in [0.25, 0.3) is 0 Å². The molecular formula is C33H43N5O6. The zero-order chi connectivity index (χ0) is 31.4. The SMILES string of the molecule is CCCCN(C(=O)CN1CC(c2ccc3c(c2)CCO3)C(C(=O)O)C1CCN1CCC(=O)N(C)C1=O)c1cccc(CN)c1. The third kappa shape index (κ3) is 6.58. The Morgan fingerprint density at radius 3 is 2.70 bits per heavy atom. The molecule has 3 aliphatic heterocycles. The minimum Gasteiger partial charge on any atom is -0.493 e. The van der Waals surface area contributed by atoms with Crippen LogP contribution in [0, 0.1) is 5.92 Å². The fourth-order valence-corrected chi connectivity index (χ4v) is 6.76. The zero-order valence-electron chi connectivity index (χ0n) is 25.6. The van der Waals surface area contributed by atoms with Crippen molar-refractivity contribution >= 4 is 29.5 Å². The van der Waals surface area contributed by atoms with E-state index in [-0.39, 0.29) is 36.7 Å². The Balaban J connectivity index is 1.43. The summed E-state index contributed by atoms with van der Waals surface area (Å²) in [5, 5.41) is 10.6. The predicted molar refractivity (Wildman–Crippen MR) is 165 cm³/mol. The highest BCUT2D eigenvalue weighted by molar-refractivity contribution is 5.96. The van der Waals surface area contributed by atoms with Gasteiger partial charge in [0.1, 0.15) is 5.75 Å². The molecule has 2 saturated heterocycles. The van der Waals surface area contributed by atoms with Crippen LogP contribution in [-0.2, 0) is 27.3 Å². The van der Waals surface area contributed by atoms with Crippen LogP contribution in [-0.4, -0.2) is 96.0 Å². The van der Waals surface area contributed by atoms with Crippen LogP contribution in [0.2, 0.25) is 0 Å². The lowest BCUT2D eigenvalue weighted by molar-refractivity contribution is -0.143. The molecule has 3 N–H and O–H groups in total. The molecule has 2 aromatic carbocycles. The van der Waals surface area contributed by atoms with Gasteiger partial charge in [0.2, 0.25) is 11.8 Å². The van der Waals surface area contributed by atoms with Gasteiger partial charge in [-0.25, -0.2) is 4.79 Å². The lowest BCUT2D eigenvalue weighted by atomic mass is 9.83. The van der Waals surface area contributed by atoms with E-state index >= 15 is 0 Å². The lowest BCUT2D eigenvalue weighted by Crippen LogP contribution is -2.52. The summed E-state index contributed by atoms with van der Waals surface area (Å²) in [4.78, 5) is 58.3. The highest BCUT2D eigenvalue weighted by Gasteiger charge is 2.47. The van der Waals surface area contributed by atoms with E-state index in [1.165, 1.54) is 7.05 Å². The number of nitrogens with two attached hydrogens (primary N) is 1. The summed E-state index contributed by atoms with van der Waals surface area (Å²) in [6.07, 6.45) is 3.10. The number of anilines is 1. The molecule has 3 heterocycles. The lowest BCUT2D eigenvalue weighted by Gasteiger charge is -2.34. The number of fused-ring (bicyclic) bond motifs is 1. The number of nitrogens with zero attached hydrogens (tertiary/aromatic N) is 4. The predicted octanol–water partition coefficient (Wildman–Crippen LogP) is 3.06. The summed E-state index contributed by atoms with van der Waals surface area (Å²) in [6, 6.07) is 12.7. The monoisotopic (exact) mass is 605 g/mol. The van der Waals surface area contributed by atoms with Crippen molar-refractivity contribution in [2.75, 3.05) is 51.3 Å². The Bertz CT molecular complexity index is 1400. The van der Waals surface area contributed by atoms with Gasteiger partial charge in [0.05, 0.1) is 19.1 Å². The number of hydrogen-bond donors (Lipinski definition) is 2. The summed E-state index contributed by atoms with van der Waals surface area (Å²) in [6.45, 7) is 4.61. The van der Waals surface area contributed by atoms with Crippen LogP contribution in [0.4, 0.5) is 10.5 Å². The van der Waals surface area contributed by atoms with E-state index in [0.29, 0.717) is 45.8 Å². The van der Waals surface area contributed by atoms with Crippen molar-refractivity contribution in [3.05, 3.63) is 59.2 Å². The van der Waals surface area contributed by atoms with Gasteiger partial charge in [-0.1, -0.05) is 37.6 Å². The molecule has 5 rings (SSSR count). The van der Waals surface area contributed by atoms with E-state index in [9.17, 15) is 24.3 Å². The maximum absolute atomic E-state index is 14.0. The van der Waals surface area contributed by atoms with Crippen molar-refractivity contribution in [1.29, 1.82) is 0 Å². The highest BCUT2D eigenvalue weighted by atomic mass is 16.5. The number of carbonyl (C=O) groups excluding carboxylic acids is 3. The summed E-state index contributed by atoms with van der Waals surface area (Å²) in [5.74, 6) is -1.56. The second-order valence-corrected chi connectivity index (χ2v) is 12.0. The molecule has 11 heteroatoms. The minimum atomic E-state index is -0.928. The number of hydrogen-bond acceptors (Lipinski definition) is 7. The van der Waals surface area contributed by atoms with Crippen molar-refractivity contribution in [2.24, 2.45) is 11.7 Å². The van der Waals surface area contributed by atoms with Gasteiger partial charge in [-0.05, 0) is 47.7 Å². The first-order valence-corrected chi connectivity index (χ1v) is 15.6. The van der Waals surface area contributed by atoms with Crippen molar-refractivity contribution in [2.45, 2.75) is 57.5 Å². The standard InChI is InChI=1S/C33H43N5O6/c1-3-4-13-38(25-7-5-6-22(17-25)19-34)30(40)21-37-20-26(23-8-9-28-24(18-23)12-16-44-28)31(32(41)42)27(37)10-14-36-15-11-29(39)35(2)33(36)43/h5-9,17-18,26-27,31H,3-4,10-16,19-21,34H2,1-2H3,(H,41,42). The van der Waals surface area contributed by atoms with Crippen LogP contribution in [0.15, 0.2) is 42.5 Å². The van der Waals surface area contributed by atoms with Gasteiger partial charge in [-0.15, -0.1) is 0 Å². The molecule has 44 heavy (non-hydrogen) atoms. The fraction of sp³-hybridized carbons (Fsp3) is 0.515. The first-order valence-electron chi connectivity index (χ1n) is 15.6. The molecule has 3 aliphatic rings. The molecule has 0 aromatic heterocycles. The molecule has 2 aromatic rings. The number of urea groups is 1. The number of amides is 4.